The number of fused-ring (bicyclic) bond motifs is 1. The predicted octanol–water partition coefficient (Wildman–Crippen LogP) is 3.27. The Morgan fingerprint density at radius 1 is 1.35 bits per heavy atom. The molecule has 0 saturated carbocycles. The van der Waals surface area contributed by atoms with Gasteiger partial charge in [0.05, 0.1) is 17.7 Å². The molecule has 3 aromatic rings. The molecule has 0 unspecified atom stereocenters. The molecular formula is C14H16N4OS. The quantitative estimate of drug-likeness (QED) is 0.798. The highest BCUT2D eigenvalue weighted by atomic mass is 32.1. The third-order valence-corrected chi connectivity index (χ3v) is 3.99. The van der Waals surface area contributed by atoms with Gasteiger partial charge in [0.15, 0.2) is 5.58 Å². The van der Waals surface area contributed by atoms with Gasteiger partial charge in [-0.3, -0.25) is 0 Å². The lowest BCUT2D eigenvalue weighted by Gasteiger charge is -2.04. The lowest BCUT2D eigenvalue weighted by atomic mass is 10.3. The van der Waals surface area contributed by atoms with Crippen molar-refractivity contribution < 1.29 is 4.42 Å². The highest BCUT2D eigenvalue weighted by Gasteiger charge is 2.08. The molecule has 5 nitrogen and oxygen atoms in total. The zero-order chi connectivity index (χ0) is 14.1. The van der Waals surface area contributed by atoms with Crippen LogP contribution in [0.15, 0.2) is 28.1 Å². The van der Waals surface area contributed by atoms with Gasteiger partial charge in [0.2, 0.25) is 0 Å². The molecule has 0 aliphatic rings. The summed E-state index contributed by atoms with van der Waals surface area (Å²) < 4.78 is 5.70. The van der Waals surface area contributed by atoms with Crippen LogP contribution >= 0.6 is 11.3 Å². The number of nitrogens with zero attached hydrogens (tertiary/aromatic N) is 3. The number of thiazole rings is 1. The number of anilines is 2. The van der Waals surface area contributed by atoms with Gasteiger partial charge < -0.3 is 14.6 Å². The summed E-state index contributed by atoms with van der Waals surface area (Å²) in [6.07, 6.45) is 0. The van der Waals surface area contributed by atoms with E-state index in [1.54, 1.807) is 11.3 Å². The summed E-state index contributed by atoms with van der Waals surface area (Å²) in [7, 11) is 3.83. The summed E-state index contributed by atoms with van der Waals surface area (Å²) in [5, 5.41) is 3.39. The van der Waals surface area contributed by atoms with Crippen LogP contribution in [0.2, 0.25) is 0 Å². The van der Waals surface area contributed by atoms with Crippen molar-refractivity contribution in [1.29, 1.82) is 0 Å². The normalized spacial score (nSPS) is 10.9. The molecule has 2 aromatic heterocycles. The number of rotatable bonds is 4. The molecule has 0 amide bonds. The Morgan fingerprint density at radius 2 is 2.20 bits per heavy atom. The Kier molecular flexibility index (Phi) is 3.31. The van der Waals surface area contributed by atoms with Gasteiger partial charge in [-0.15, -0.1) is 11.3 Å². The minimum Gasteiger partial charge on any atom is -0.423 e. The average Bonchev–Trinajstić information content (AvgIpc) is 3.01. The van der Waals surface area contributed by atoms with Gasteiger partial charge in [-0.2, -0.15) is 4.98 Å². The fraction of sp³-hybridized carbons (Fsp3) is 0.286. The SMILES string of the molecule is Cc1ncsc1CNc1ccc2nc(N(C)C)oc2c1. The van der Waals surface area contributed by atoms with E-state index in [0.29, 0.717) is 6.01 Å². The first-order valence-corrected chi connectivity index (χ1v) is 7.22. The molecule has 0 saturated heterocycles. The number of hydrogen-bond donors (Lipinski definition) is 1. The summed E-state index contributed by atoms with van der Waals surface area (Å²) >= 11 is 1.66. The Hall–Kier alpha value is -2.08. The van der Waals surface area contributed by atoms with Gasteiger partial charge in [-0.1, -0.05) is 0 Å². The van der Waals surface area contributed by atoms with Crippen LogP contribution in [-0.4, -0.2) is 24.1 Å². The number of nitrogens with one attached hydrogen (secondary N) is 1. The van der Waals surface area contributed by atoms with E-state index < -0.39 is 0 Å². The largest absolute Gasteiger partial charge is 0.423 e. The molecule has 0 bridgehead atoms. The third-order valence-electron chi connectivity index (χ3n) is 3.06. The highest BCUT2D eigenvalue weighted by molar-refractivity contribution is 7.09. The van der Waals surface area contributed by atoms with Crippen LogP contribution < -0.4 is 10.2 Å². The molecule has 0 aliphatic carbocycles. The number of aromatic nitrogens is 2. The summed E-state index contributed by atoms with van der Waals surface area (Å²) in [6, 6.07) is 6.58. The molecule has 1 aromatic carbocycles. The van der Waals surface area contributed by atoms with Crippen molar-refractivity contribution in [2.45, 2.75) is 13.5 Å². The fourth-order valence-corrected chi connectivity index (χ4v) is 2.61. The molecule has 0 aliphatic heterocycles. The Morgan fingerprint density at radius 3 is 2.90 bits per heavy atom. The van der Waals surface area contributed by atoms with Crippen molar-refractivity contribution >= 4 is 34.1 Å². The van der Waals surface area contributed by atoms with Crippen LogP contribution in [0.25, 0.3) is 11.1 Å². The molecule has 20 heavy (non-hydrogen) atoms. The van der Waals surface area contributed by atoms with E-state index in [1.165, 1.54) is 4.88 Å². The van der Waals surface area contributed by atoms with Gasteiger partial charge >= 0.3 is 0 Å². The van der Waals surface area contributed by atoms with Crippen LogP contribution in [0.4, 0.5) is 11.7 Å². The zero-order valence-electron chi connectivity index (χ0n) is 11.7. The van der Waals surface area contributed by atoms with Gasteiger partial charge in [-0.05, 0) is 19.1 Å². The first-order chi connectivity index (χ1) is 9.63. The minimum absolute atomic E-state index is 0.621. The molecule has 0 radical (unpaired) electrons. The van der Waals surface area contributed by atoms with Gasteiger partial charge in [0, 0.05) is 30.7 Å². The van der Waals surface area contributed by atoms with Crippen molar-refractivity contribution in [1.82, 2.24) is 9.97 Å². The lowest BCUT2D eigenvalue weighted by Crippen LogP contribution is -2.08. The number of benzene rings is 1. The zero-order valence-corrected chi connectivity index (χ0v) is 12.5. The summed E-state index contributed by atoms with van der Waals surface area (Å²) in [5.41, 5.74) is 5.63. The van der Waals surface area contributed by atoms with E-state index in [2.05, 4.69) is 15.3 Å². The van der Waals surface area contributed by atoms with E-state index in [0.717, 1.165) is 29.0 Å². The molecular weight excluding hydrogens is 272 g/mol. The van der Waals surface area contributed by atoms with Gasteiger partial charge in [0.1, 0.15) is 5.52 Å². The molecule has 104 valence electrons. The minimum atomic E-state index is 0.621. The van der Waals surface area contributed by atoms with Crippen LogP contribution in [0, 0.1) is 6.92 Å². The average molecular weight is 288 g/mol. The highest BCUT2D eigenvalue weighted by Crippen LogP contribution is 2.24. The van der Waals surface area contributed by atoms with Gasteiger partial charge in [-0.25, -0.2) is 4.98 Å². The van der Waals surface area contributed by atoms with E-state index in [1.807, 2.05) is 49.6 Å². The van der Waals surface area contributed by atoms with E-state index in [-0.39, 0.29) is 0 Å². The van der Waals surface area contributed by atoms with Crippen molar-refractivity contribution in [2.24, 2.45) is 0 Å². The lowest BCUT2D eigenvalue weighted by molar-refractivity contribution is 0.597. The van der Waals surface area contributed by atoms with Crippen LogP contribution in [0.3, 0.4) is 0 Å². The van der Waals surface area contributed by atoms with Gasteiger partial charge in [0.25, 0.3) is 6.01 Å². The Balaban J connectivity index is 1.80. The number of aryl methyl sites for hydroxylation is 1. The van der Waals surface area contributed by atoms with E-state index in [9.17, 15) is 0 Å². The standard InChI is InChI=1S/C14H16N4OS/c1-9-13(20-8-16-9)7-15-10-4-5-11-12(6-10)19-14(17-11)18(2)3/h4-6,8,15H,7H2,1-3H3. The van der Waals surface area contributed by atoms with Crippen LogP contribution in [0.1, 0.15) is 10.6 Å². The first kappa shape index (κ1) is 12.9. The molecule has 6 heteroatoms. The summed E-state index contributed by atoms with van der Waals surface area (Å²) in [4.78, 5) is 11.7. The molecule has 3 rings (SSSR count). The van der Waals surface area contributed by atoms with E-state index in [4.69, 9.17) is 4.42 Å². The summed E-state index contributed by atoms with van der Waals surface area (Å²) in [5.74, 6) is 0. The third kappa shape index (κ3) is 2.46. The van der Waals surface area contributed by atoms with Crippen molar-refractivity contribution in [3.8, 4) is 0 Å². The maximum absolute atomic E-state index is 5.70. The smallest absolute Gasteiger partial charge is 0.297 e. The number of oxazole rings is 1. The van der Waals surface area contributed by atoms with Crippen LogP contribution in [-0.2, 0) is 6.54 Å². The van der Waals surface area contributed by atoms with Crippen LogP contribution in [0.5, 0.6) is 0 Å². The predicted molar refractivity (Wildman–Crippen MR) is 82.5 cm³/mol. The second-order valence-corrected chi connectivity index (χ2v) is 5.73. The molecule has 0 spiro atoms. The second kappa shape index (κ2) is 5.13. The maximum Gasteiger partial charge on any atom is 0.297 e. The maximum atomic E-state index is 5.70. The van der Waals surface area contributed by atoms with Crippen molar-refractivity contribution in [3.63, 3.8) is 0 Å². The molecule has 1 N–H and O–H groups in total. The second-order valence-electron chi connectivity index (χ2n) is 4.79. The number of hydrogen-bond acceptors (Lipinski definition) is 6. The summed E-state index contributed by atoms with van der Waals surface area (Å²) in [6.45, 7) is 2.80. The molecule has 0 atom stereocenters. The van der Waals surface area contributed by atoms with Crippen molar-refractivity contribution in [2.75, 3.05) is 24.3 Å². The molecule has 2 heterocycles. The monoisotopic (exact) mass is 288 g/mol. The molecule has 0 fully saturated rings. The topological polar surface area (TPSA) is 54.2 Å². The Bertz CT molecular complexity index is 732. The van der Waals surface area contributed by atoms with E-state index >= 15 is 0 Å². The Labute approximate surface area is 121 Å². The van der Waals surface area contributed by atoms with Crippen molar-refractivity contribution in [3.05, 3.63) is 34.3 Å². The fourth-order valence-electron chi connectivity index (χ4n) is 1.89. The first-order valence-electron chi connectivity index (χ1n) is 6.34.